The second-order valence-corrected chi connectivity index (χ2v) is 7.38. The molecule has 0 radical (unpaired) electrons. The monoisotopic (exact) mass is 351 g/mol. The van der Waals surface area contributed by atoms with E-state index in [-0.39, 0.29) is 23.3 Å². The minimum atomic E-state index is -3.77. The summed E-state index contributed by atoms with van der Waals surface area (Å²) in [5, 5.41) is 6.22. The number of aryl methyl sites for hydroxylation is 1. The first-order valence-electron chi connectivity index (χ1n) is 7.64. The number of rotatable bonds is 7. The zero-order valence-corrected chi connectivity index (χ0v) is 14.7. The molecule has 2 aromatic rings. The van der Waals surface area contributed by atoms with Gasteiger partial charge in [-0.3, -0.25) is 4.79 Å². The van der Waals surface area contributed by atoms with Gasteiger partial charge in [-0.1, -0.05) is 30.3 Å². The molecule has 0 aliphatic rings. The molecular formula is C16H21N3O4S. The molecule has 1 unspecified atom stereocenters. The molecule has 1 heterocycles. The molecule has 7 nitrogen and oxygen atoms in total. The van der Waals surface area contributed by atoms with E-state index in [4.69, 9.17) is 4.52 Å². The molecule has 0 aliphatic carbocycles. The summed E-state index contributed by atoms with van der Waals surface area (Å²) in [6.45, 7) is 5.05. The topological polar surface area (TPSA) is 92.5 Å². The highest BCUT2D eigenvalue weighted by Crippen LogP contribution is 2.19. The average Bonchev–Trinajstić information content (AvgIpc) is 2.97. The Morgan fingerprint density at radius 3 is 2.54 bits per heavy atom. The molecule has 2 rings (SSSR count). The van der Waals surface area contributed by atoms with E-state index in [9.17, 15) is 13.2 Å². The molecule has 0 bridgehead atoms. The van der Waals surface area contributed by atoms with Gasteiger partial charge in [0.05, 0.1) is 11.4 Å². The summed E-state index contributed by atoms with van der Waals surface area (Å²) >= 11 is 0. The van der Waals surface area contributed by atoms with Gasteiger partial charge in [-0.2, -0.15) is 4.31 Å². The van der Waals surface area contributed by atoms with Crippen molar-refractivity contribution < 1.29 is 17.7 Å². The molecule has 1 aromatic carbocycles. The Balaban J connectivity index is 2.21. The van der Waals surface area contributed by atoms with Gasteiger partial charge < -0.3 is 9.84 Å². The molecule has 130 valence electrons. The van der Waals surface area contributed by atoms with Crippen molar-refractivity contribution in [1.29, 1.82) is 0 Å². The van der Waals surface area contributed by atoms with Crippen molar-refractivity contribution in [3.8, 4) is 0 Å². The van der Waals surface area contributed by atoms with Crippen LogP contribution in [0.1, 0.15) is 26.0 Å². The lowest BCUT2D eigenvalue weighted by atomic mass is 10.2. The first kappa shape index (κ1) is 18.2. The van der Waals surface area contributed by atoms with E-state index in [0.717, 1.165) is 0 Å². The Morgan fingerprint density at radius 1 is 1.33 bits per heavy atom. The lowest BCUT2D eigenvalue weighted by molar-refractivity contribution is -0.116. The molecule has 1 amide bonds. The summed E-state index contributed by atoms with van der Waals surface area (Å²) in [6, 6.07) is 9.33. The molecule has 1 aromatic heterocycles. The zero-order valence-electron chi connectivity index (χ0n) is 13.9. The van der Waals surface area contributed by atoms with Crippen LogP contribution in [0, 0.1) is 6.92 Å². The molecular weight excluding hydrogens is 330 g/mol. The summed E-state index contributed by atoms with van der Waals surface area (Å²) in [6.07, 6.45) is 0.586. The first-order chi connectivity index (χ1) is 11.3. The molecule has 0 saturated heterocycles. The second-order valence-electron chi connectivity index (χ2n) is 5.49. The summed E-state index contributed by atoms with van der Waals surface area (Å²) in [4.78, 5) is 12.4. The maximum absolute atomic E-state index is 12.8. The van der Waals surface area contributed by atoms with Crippen LogP contribution in [0.3, 0.4) is 0 Å². The zero-order chi connectivity index (χ0) is 17.7. The van der Waals surface area contributed by atoms with Crippen molar-refractivity contribution in [2.75, 3.05) is 11.9 Å². The molecule has 1 atom stereocenters. The smallest absolute Gasteiger partial charge is 0.243 e. The van der Waals surface area contributed by atoms with Crippen molar-refractivity contribution in [3.05, 3.63) is 42.2 Å². The van der Waals surface area contributed by atoms with E-state index in [1.807, 2.05) is 6.92 Å². The maximum atomic E-state index is 12.8. The summed E-state index contributed by atoms with van der Waals surface area (Å²) < 4.78 is 31.8. The van der Waals surface area contributed by atoms with Gasteiger partial charge in [0.25, 0.3) is 0 Å². The number of hydrogen-bond donors (Lipinski definition) is 1. The van der Waals surface area contributed by atoms with E-state index in [0.29, 0.717) is 12.2 Å². The Hall–Kier alpha value is -2.19. The number of hydrogen-bond acceptors (Lipinski definition) is 5. The predicted octanol–water partition coefficient (Wildman–Crippen LogP) is 2.41. The van der Waals surface area contributed by atoms with E-state index < -0.39 is 15.9 Å². The number of carbonyl (C=O) groups is 1. The Labute approximate surface area is 141 Å². The van der Waals surface area contributed by atoms with Gasteiger partial charge in [0.2, 0.25) is 15.9 Å². The lowest BCUT2D eigenvalue weighted by Crippen LogP contribution is -2.43. The fraction of sp³-hybridized carbons (Fsp3) is 0.375. The molecule has 1 N–H and O–H groups in total. The van der Waals surface area contributed by atoms with Crippen molar-refractivity contribution in [3.63, 3.8) is 0 Å². The average molecular weight is 351 g/mol. The van der Waals surface area contributed by atoms with Gasteiger partial charge in [0.1, 0.15) is 5.76 Å². The number of benzene rings is 1. The fourth-order valence-corrected chi connectivity index (χ4v) is 3.84. The fourth-order valence-electron chi connectivity index (χ4n) is 2.16. The van der Waals surface area contributed by atoms with Gasteiger partial charge in [0.15, 0.2) is 5.82 Å². The number of nitrogens with one attached hydrogen (secondary N) is 1. The number of amides is 1. The van der Waals surface area contributed by atoms with Crippen LogP contribution in [0.4, 0.5) is 5.82 Å². The highest BCUT2D eigenvalue weighted by Gasteiger charge is 2.30. The standard InChI is InChI=1S/C16H21N3O4S/c1-4-12(2)19(24(21,22)14-8-6-5-7-9-14)11-16(20)17-15-10-13(3)23-18-15/h5-10,12H,4,11H2,1-3H3,(H,17,18,20). The van der Waals surface area contributed by atoms with Crippen LogP contribution < -0.4 is 5.32 Å². The van der Waals surface area contributed by atoms with Crippen molar-refractivity contribution in [1.82, 2.24) is 9.46 Å². The van der Waals surface area contributed by atoms with Gasteiger partial charge in [-0.15, -0.1) is 0 Å². The van der Waals surface area contributed by atoms with E-state index in [2.05, 4.69) is 10.5 Å². The van der Waals surface area contributed by atoms with Crippen LogP contribution in [0.2, 0.25) is 0 Å². The third-order valence-electron chi connectivity index (χ3n) is 3.63. The Bertz CT molecular complexity index is 787. The molecule has 0 aliphatic heterocycles. The van der Waals surface area contributed by atoms with Gasteiger partial charge in [-0.25, -0.2) is 8.42 Å². The van der Waals surface area contributed by atoms with Gasteiger partial charge in [0, 0.05) is 12.1 Å². The van der Waals surface area contributed by atoms with Crippen molar-refractivity contribution >= 4 is 21.7 Å². The van der Waals surface area contributed by atoms with E-state index >= 15 is 0 Å². The Morgan fingerprint density at radius 2 is 2.00 bits per heavy atom. The van der Waals surface area contributed by atoms with Gasteiger partial charge in [-0.05, 0) is 32.4 Å². The summed E-state index contributed by atoms with van der Waals surface area (Å²) in [5.41, 5.74) is 0. The number of anilines is 1. The number of nitrogens with zero attached hydrogens (tertiary/aromatic N) is 2. The van der Waals surface area contributed by atoms with E-state index in [1.165, 1.54) is 16.4 Å². The molecule has 0 fully saturated rings. The van der Waals surface area contributed by atoms with Crippen molar-refractivity contribution in [2.45, 2.75) is 38.1 Å². The highest BCUT2D eigenvalue weighted by atomic mass is 32.2. The molecule has 8 heteroatoms. The lowest BCUT2D eigenvalue weighted by Gasteiger charge is -2.27. The van der Waals surface area contributed by atoms with Gasteiger partial charge >= 0.3 is 0 Å². The van der Waals surface area contributed by atoms with E-state index in [1.54, 1.807) is 38.1 Å². The summed E-state index contributed by atoms with van der Waals surface area (Å²) in [5.74, 6) is 0.350. The Kier molecular flexibility index (Phi) is 5.74. The first-order valence-corrected chi connectivity index (χ1v) is 9.08. The van der Waals surface area contributed by atoms with Crippen molar-refractivity contribution in [2.24, 2.45) is 0 Å². The molecule has 24 heavy (non-hydrogen) atoms. The predicted molar refractivity (Wildman–Crippen MR) is 90.0 cm³/mol. The van der Waals surface area contributed by atoms with Crippen LogP contribution in [-0.2, 0) is 14.8 Å². The highest BCUT2D eigenvalue weighted by molar-refractivity contribution is 7.89. The number of sulfonamides is 1. The van der Waals surface area contributed by atoms with Crippen LogP contribution in [0.25, 0.3) is 0 Å². The molecule has 0 spiro atoms. The summed E-state index contributed by atoms with van der Waals surface area (Å²) in [7, 11) is -3.77. The third kappa shape index (κ3) is 4.21. The maximum Gasteiger partial charge on any atom is 0.243 e. The normalized spacial score (nSPS) is 13.0. The van der Waals surface area contributed by atoms with Crippen LogP contribution in [0.5, 0.6) is 0 Å². The quantitative estimate of drug-likeness (QED) is 0.827. The number of carbonyl (C=O) groups excluding carboxylic acids is 1. The minimum absolute atomic E-state index is 0.162. The SMILES string of the molecule is CCC(C)N(CC(=O)Nc1cc(C)on1)S(=O)(=O)c1ccccc1. The third-order valence-corrected chi connectivity index (χ3v) is 5.60. The van der Waals surface area contributed by atoms with Crippen LogP contribution in [0.15, 0.2) is 45.8 Å². The van der Waals surface area contributed by atoms with Crippen LogP contribution in [-0.4, -0.2) is 36.4 Å². The largest absolute Gasteiger partial charge is 0.360 e. The number of aromatic nitrogens is 1. The minimum Gasteiger partial charge on any atom is -0.360 e. The second kappa shape index (κ2) is 7.59. The van der Waals surface area contributed by atoms with Crippen LogP contribution >= 0.6 is 0 Å². The molecule has 0 saturated carbocycles.